The maximum absolute atomic E-state index is 7.76. The van der Waals surface area contributed by atoms with Gasteiger partial charge in [0, 0.05) is 33.8 Å². The van der Waals surface area contributed by atoms with Crippen LogP contribution in [0, 0.1) is 5.41 Å². The van der Waals surface area contributed by atoms with Crippen molar-refractivity contribution in [2.24, 2.45) is 5.73 Å². The first kappa shape index (κ1) is 13.8. The van der Waals surface area contributed by atoms with E-state index >= 15 is 0 Å². The van der Waals surface area contributed by atoms with Crippen molar-refractivity contribution in [3.63, 3.8) is 0 Å². The second-order valence-corrected chi connectivity index (χ2v) is 6.37. The predicted molar refractivity (Wildman–Crippen MR) is 78.9 cm³/mol. The SMILES string of the molecule is CSc1cccc(SC2CCOCC2)c1C(=N)N. The van der Waals surface area contributed by atoms with Crippen LogP contribution in [0.15, 0.2) is 28.0 Å². The molecule has 0 unspecified atom stereocenters. The molecule has 1 heterocycles. The quantitative estimate of drug-likeness (QED) is 0.506. The van der Waals surface area contributed by atoms with Crippen molar-refractivity contribution in [2.75, 3.05) is 19.5 Å². The van der Waals surface area contributed by atoms with Crippen molar-refractivity contribution in [3.05, 3.63) is 23.8 Å². The molecule has 98 valence electrons. The first-order chi connectivity index (χ1) is 8.72. The van der Waals surface area contributed by atoms with Crippen molar-refractivity contribution in [3.8, 4) is 0 Å². The van der Waals surface area contributed by atoms with Crippen LogP contribution in [0.3, 0.4) is 0 Å². The van der Waals surface area contributed by atoms with E-state index in [1.807, 2.05) is 30.2 Å². The van der Waals surface area contributed by atoms with Crippen molar-refractivity contribution >= 4 is 29.4 Å². The minimum atomic E-state index is 0.162. The number of rotatable bonds is 4. The van der Waals surface area contributed by atoms with Gasteiger partial charge in [0.2, 0.25) is 0 Å². The van der Waals surface area contributed by atoms with Gasteiger partial charge >= 0.3 is 0 Å². The Morgan fingerprint density at radius 3 is 2.61 bits per heavy atom. The fourth-order valence-corrected chi connectivity index (χ4v) is 4.00. The summed E-state index contributed by atoms with van der Waals surface area (Å²) in [5.74, 6) is 0.162. The number of nitrogen functional groups attached to an aromatic ring is 1. The van der Waals surface area contributed by atoms with Crippen LogP contribution in [-0.4, -0.2) is 30.6 Å². The van der Waals surface area contributed by atoms with Crippen LogP contribution < -0.4 is 5.73 Å². The van der Waals surface area contributed by atoms with E-state index < -0.39 is 0 Å². The average molecular weight is 282 g/mol. The Balaban J connectivity index is 2.23. The number of amidine groups is 1. The van der Waals surface area contributed by atoms with Gasteiger partial charge in [0.25, 0.3) is 0 Å². The van der Waals surface area contributed by atoms with Crippen molar-refractivity contribution in [1.29, 1.82) is 5.41 Å². The van der Waals surface area contributed by atoms with Gasteiger partial charge in [-0.1, -0.05) is 6.07 Å². The van der Waals surface area contributed by atoms with E-state index in [0.717, 1.165) is 41.4 Å². The highest BCUT2D eigenvalue weighted by Crippen LogP contribution is 2.35. The van der Waals surface area contributed by atoms with Gasteiger partial charge in [0.1, 0.15) is 5.84 Å². The average Bonchev–Trinajstić information content (AvgIpc) is 2.39. The van der Waals surface area contributed by atoms with Gasteiger partial charge in [-0.15, -0.1) is 23.5 Å². The Bertz CT molecular complexity index is 431. The summed E-state index contributed by atoms with van der Waals surface area (Å²) in [5, 5.41) is 8.34. The molecule has 18 heavy (non-hydrogen) atoms. The van der Waals surface area contributed by atoms with Crippen LogP contribution in [0.4, 0.5) is 0 Å². The maximum Gasteiger partial charge on any atom is 0.125 e. The van der Waals surface area contributed by atoms with Crippen LogP contribution in [-0.2, 0) is 4.74 Å². The van der Waals surface area contributed by atoms with Gasteiger partial charge in [-0.2, -0.15) is 0 Å². The molecule has 2 rings (SSSR count). The number of ether oxygens (including phenoxy) is 1. The molecule has 0 amide bonds. The Morgan fingerprint density at radius 1 is 1.33 bits per heavy atom. The molecule has 3 N–H and O–H groups in total. The van der Waals surface area contributed by atoms with Crippen LogP contribution in [0.1, 0.15) is 18.4 Å². The highest BCUT2D eigenvalue weighted by Gasteiger charge is 2.18. The zero-order valence-corrected chi connectivity index (χ0v) is 12.1. The molecule has 0 atom stereocenters. The van der Waals surface area contributed by atoms with E-state index in [1.165, 1.54) is 0 Å². The summed E-state index contributed by atoms with van der Waals surface area (Å²) in [5.41, 5.74) is 6.62. The van der Waals surface area contributed by atoms with E-state index in [1.54, 1.807) is 11.8 Å². The standard InChI is InChI=1S/C13H18N2OS2/c1-17-10-3-2-4-11(12(10)13(14)15)18-9-5-7-16-8-6-9/h2-4,9H,5-8H2,1H3,(H3,14,15). The number of hydrogen-bond acceptors (Lipinski definition) is 4. The lowest BCUT2D eigenvalue weighted by Gasteiger charge is -2.23. The minimum absolute atomic E-state index is 0.162. The zero-order valence-electron chi connectivity index (χ0n) is 10.4. The Morgan fingerprint density at radius 2 is 2.00 bits per heavy atom. The molecule has 1 fully saturated rings. The Labute approximate surface area is 116 Å². The molecule has 0 saturated carbocycles. The van der Waals surface area contributed by atoms with Crippen molar-refractivity contribution < 1.29 is 4.74 Å². The van der Waals surface area contributed by atoms with E-state index in [2.05, 4.69) is 6.07 Å². The fraction of sp³-hybridized carbons (Fsp3) is 0.462. The molecule has 0 bridgehead atoms. The monoisotopic (exact) mass is 282 g/mol. The van der Waals surface area contributed by atoms with E-state index in [0.29, 0.717) is 5.25 Å². The molecule has 1 aliphatic heterocycles. The third-order valence-electron chi connectivity index (χ3n) is 2.94. The topological polar surface area (TPSA) is 59.1 Å². The van der Waals surface area contributed by atoms with Gasteiger partial charge in [0.05, 0.1) is 0 Å². The fourth-order valence-electron chi connectivity index (χ4n) is 2.02. The largest absolute Gasteiger partial charge is 0.384 e. The van der Waals surface area contributed by atoms with Gasteiger partial charge < -0.3 is 10.5 Å². The molecule has 5 heteroatoms. The molecule has 1 aromatic rings. The summed E-state index contributed by atoms with van der Waals surface area (Å²) >= 11 is 3.48. The highest BCUT2D eigenvalue weighted by molar-refractivity contribution is 8.00. The molecular formula is C13H18N2OS2. The predicted octanol–water partition coefficient (Wildman–Crippen LogP) is 2.96. The normalized spacial score (nSPS) is 16.7. The second-order valence-electron chi connectivity index (χ2n) is 4.18. The summed E-state index contributed by atoms with van der Waals surface area (Å²) in [6, 6.07) is 6.13. The van der Waals surface area contributed by atoms with Crippen molar-refractivity contribution in [2.45, 2.75) is 27.9 Å². The molecule has 0 aromatic heterocycles. The molecule has 1 aliphatic rings. The molecule has 1 saturated heterocycles. The molecule has 0 aliphatic carbocycles. The Kier molecular flexibility index (Phi) is 4.97. The van der Waals surface area contributed by atoms with Gasteiger partial charge in [-0.3, -0.25) is 5.41 Å². The van der Waals surface area contributed by atoms with Crippen molar-refractivity contribution in [1.82, 2.24) is 0 Å². The second kappa shape index (κ2) is 6.50. The molecule has 1 aromatic carbocycles. The van der Waals surface area contributed by atoms with Crippen LogP contribution in [0.25, 0.3) is 0 Å². The molecule has 3 nitrogen and oxygen atoms in total. The van der Waals surface area contributed by atoms with E-state index in [4.69, 9.17) is 15.9 Å². The first-order valence-electron chi connectivity index (χ1n) is 5.98. The molecule has 0 radical (unpaired) electrons. The highest BCUT2D eigenvalue weighted by atomic mass is 32.2. The zero-order chi connectivity index (χ0) is 13.0. The summed E-state index contributed by atoms with van der Waals surface area (Å²) in [7, 11) is 0. The van der Waals surface area contributed by atoms with Gasteiger partial charge in [0.15, 0.2) is 0 Å². The lowest BCUT2D eigenvalue weighted by molar-refractivity contribution is 0.100. The third-order valence-corrected chi connectivity index (χ3v) is 5.12. The van der Waals surface area contributed by atoms with Crippen LogP contribution >= 0.6 is 23.5 Å². The third kappa shape index (κ3) is 3.22. The van der Waals surface area contributed by atoms with Gasteiger partial charge in [-0.25, -0.2) is 0 Å². The summed E-state index contributed by atoms with van der Waals surface area (Å²) in [6.45, 7) is 1.69. The molecular weight excluding hydrogens is 264 g/mol. The number of hydrogen-bond donors (Lipinski definition) is 2. The summed E-state index contributed by atoms with van der Waals surface area (Å²) in [6.07, 6.45) is 4.17. The molecule has 0 spiro atoms. The van der Waals surface area contributed by atoms with Gasteiger partial charge in [-0.05, 0) is 31.2 Å². The first-order valence-corrected chi connectivity index (χ1v) is 8.08. The lowest BCUT2D eigenvalue weighted by Crippen LogP contribution is -2.19. The number of thioether (sulfide) groups is 2. The van der Waals surface area contributed by atoms with E-state index in [-0.39, 0.29) is 5.84 Å². The summed E-state index contributed by atoms with van der Waals surface area (Å²) < 4.78 is 5.38. The van der Waals surface area contributed by atoms with Crippen LogP contribution in [0.5, 0.6) is 0 Å². The smallest absolute Gasteiger partial charge is 0.125 e. The van der Waals surface area contributed by atoms with Crippen LogP contribution in [0.2, 0.25) is 0 Å². The summed E-state index contributed by atoms with van der Waals surface area (Å²) in [4.78, 5) is 2.21. The van der Waals surface area contributed by atoms with E-state index in [9.17, 15) is 0 Å². The number of benzene rings is 1. The Hall–Kier alpha value is -0.650. The minimum Gasteiger partial charge on any atom is -0.384 e. The number of nitrogens with one attached hydrogen (secondary N) is 1. The lowest BCUT2D eigenvalue weighted by atomic mass is 10.2. The number of nitrogens with two attached hydrogens (primary N) is 1. The maximum atomic E-state index is 7.76.